The Morgan fingerprint density at radius 1 is 0.688 bits per heavy atom. The van der Waals surface area contributed by atoms with Gasteiger partial charge in [0, 0.05) is 37.1 Å². The Labute approximate surface area is 291 Å². The molecule has 0 saturated carbocycles. The third-order valence-corrected chi connectivity index (χ3v) is 6.87. The van der Waals surface area contributed by atoms with E-state index in [0.717, 1.165) is 36.6 Å². The van der Waals surface area contributed by atoms with Crippen LogP contribution in [0.5, 0.6) is 0 Å². The Morgan fingerprint density at radius 3 is 1.31 bits per heavy atom. The van der Waals surface area contributed by atoms with Crippen LogP contribution >= 0.6 is 11.6 Å². The van der Waals surface area contributed by atoms with Crippen LogP contribution in [0.25, 0.3) is 0 Å². The third-order valence-electron chi connectivity index (χ3n) is 6.71. The second kappa shape index (κ2) is 29.0. The fraction of sp³-hybridized carbons (Fsp3) is 0.444. The van der Waals surface area contributed by atoms with Gasteiger partial charge in [0.25, 0.3) is 0 Å². The molecule has 0 radical (unpaired) electrons. The Balaban J connectivity index is 0. The lowest BCUT2D eigenvalue weighted by Gasteiger charge is -2.22. The number of hydrogen-bond donors (Lipinski definition) is 1. The summed E-state index contributed by atoms with van der Waals surface area (Å²) < 4.78 is 14.2. The van der Waals surface area contributed by atoms with Crippen LogP contribution in [-0.2, 0) is 23.8 Å². The number of esters is 3. The summed E-state index contributed by atoms with van der Waals surface area (Å²) in [6.45, 7) is 23.7. The van der Waals surface area contributed by atoms with Crippen LogP contribution in [0.4, 0.5) is 11.4 Å². The number of carbonyl (C=O) groups excluding carboxylic acids is 4. The number of carbonyl (C=O) groups is 4. The molecule has 0 aliphatic carbocycles. The molecule has 0 aliphatic rings. The monoisotopic (exact) mass is 691 g/mol. The van der Waals surface area contributed by atoms with Crippen LogP contribution in [0, 0.1) is 0 Å². The normalized spacial score (nSPS) is 9.54. The molecule has 2 rings (SSSR count). The average Bonchev–Trinajstić information content (AvgIpc) is 3.13. The van der Waals surface area contributed by atoms with Gasteiger partial charge in [0.15, 0.2) is 0 Å². The van der Waals surface area contributed by atoms with E-state index >= 15 is 0 Å². The van der Waals surface area contributed by atoms with E-state index in [1.165, 1.54) is 33.9 Å². The molecule has 268 valence electrons. The first-order valence-corrected chi connectivity index (χ1v) is 16.2. The molecule has 0 aromatic heterocycles. The molecule has 0 spiro atoms. The molecular weight excluding hydrogens is 638 g/mol. The minimum atomic E-state index is -0.509. The van der Waals surface area contributed by atoms with E-state index in [1.54, 1.807) is 24.3 Å². The number of nitrogens with zero attached hydrogens (tertiary/aromatic N) is 3. The van der Waals surface area contributed by atoms with Crippen molar-refractivity contribution in [2.45, 2.75) is 34.6 Å². The molecule has 2 aromatic carbocycles. The van der Waals surface area contributed by atoms with E-state index in [1.807, 2.05) is 47.9 Å². The van der Waals surface area contributed by atoms with Gasteiger partial charge in [0.1, 0.15) is 6.61 Å². The Morgan fingerprint density at radius 2 is 1.06 bits per heavy atom. The van der Waals surface area contributed by atoms with Gasteiger partial charge in [-0.05, 0) is 99.7 Å². The first-order valence-electron chi connectivity index (χ1n) is 15.8. The van der Waals surface area contributed by atoms with Gasteiger partial charge in [-0.3, -0.25) is 4.79 Å². The standard InChI is InChI=1S/C15H19NO4.C12H17NO3.C6H15N.C3H3ClO/c1-4-14(17)20-11-10-16(5-2)13-8-6-12(7-9-13)15(18)19-3;1-3-13(8-9-14)11-6-4-10(5-7-11)12(15)16-2;1-4-7(5-2)6-3;1-2-3(4)5/h4,6-9H,1,5,10-11H2,2-3H3;4-7,14H,3,8-9H2,1-2H3;4-6H2,1-3H3;2H,1H2. The highest BCUT2D eigenvalue weighted by molar-refractivity contribution is 6.66. The van der Waals surface area contributed by atoms with Gasteiger partial charge in [0.05, 0.1) is 38.5 Å². The highest BCUT2D eigenvalue weighted by atomic mass is 35.5. The number of aliphatic hydroxyl groups excluding tert-OH is 1. The molecule has 0 saturated heterocycles. The van der Waals surface area contributed by atoms with E-state index in [2.05, 4.69) is 48.3 Å². The van der Waals surface area contributed by atoms with E-state index in [4.69, 9.17) is 21.4 Å². The Hall–Kier alpha value is -4.19. The van der Waals surface area contributed by atoms with Crippen LogP contribution in [0.2, 0.25) is 0 Å². The fourth-order valence-electron chi connectivity index (χ4n) is 3.90. The lowest BCUT2D eigenvalue weighted by molar-refractivity contribution is -0.137. The quantitative estimate of drug-likeness (QED) is 0.102. The van der Waals surface area contributed by atoms with Gasteiger partial charge in [-0.25, -0.2) is 14.4 Å². The van der Waals surface area contributed by atoms with Gasteiger partial charge in [-0.15, -0.1) is 0 Å². The number of aliphatic hydroxyl groups is 1. The van der Waals surface area contributed by atoms with Crippen molar-refractivity contribution in [3.63, 3.8) is 0 Å². The van der Waals surface area contributed by atoms with E-state index in [-0.39, 0.29) is 25.2 Å². The highest BCUT2D eigenvalue weighted by Crippen LogP contribution is 2.16. The number of hydrogen-bond acceptors (Lipinski definition) is 11. The molecule has 0 bridgehead atoms. The van der Waals surface area contributed by atoms with Gasteiger partial charge < -0.3 is 34.0 Å². The van der Waals surface area contributed by atoms with Crippen LogP contribution in [0.3, 0.4) is 0 Å². The number of likely N-dealkylation sites (N-methyl/N-ethyl adjacent to an activating group) is 2. The molecule has 0 fully saturated rings. The third kappa shape index (κ3) is 20.1. The van der Waals surface area contributed by atoms with Crippen molar-refractivity contribution in [2.24, 2.45) is 0 Å². The van der Waals surface area contributed by atoms with Crippen LogP contribution in [0.1, 0.15) is 55.3 Å². The molecule has 0 aliphatic heterocycles. The van der Waals surface area contributed by atoms with Crippen molar-refractivity contribution in [3.8, 4) is 0 Å². The van der Waals surface area contributed by atoms with Crippen molar-refractivity contribution >= 4 is 46.1 Å². The van der Waals surface area contributed by atoms with Gasteiger partial charge in [-0.2, -0.15) is 0 Å². The average molecular weight is 692 g/mol. The number of rotatable bonds is 16. The van der Waals surface area contributed by atoms with Crippen LogP contribution in [-0.4, -0.2) is 106 Å². The topological polar surface area (TPSA) is 126 Å². The maximum Gasteiger partial charge on any atom is 0.337 e. The van der Waals surface area contributed by atoms with Crippen molar-refractivity contribution in [1.29, 1.82) is 0 Å². The molecule has 0 heterocycles. The minimum Gasteiger partial charge on any atom is -0.465 e. The summed E-state index contributed by atoms with van der Waals surface area (Å²) in [7, 11) is 2.71. The van der Waals surface area contributed by atoms with E-state index in [0.29, 0.717) is 24.2 Å². The molecule has 2 aromatic rings. The van der Waals surface area contributed by atoms with Gasteiger partial charge in [-0.1, -0.05) is 33.9 Å². The second-order valence-electron chi connectivity index (χ2n) is 9.46. The predicted octanol–water partition coefficient (Wildman–Crippen LogP) is 5.61. The molecule has 1 N–H and O–H groups in total. The fourth-order valence-corrected chi connectivity index (χ4v) is 3.90. The van der Waals surface area contributed by atoms with Crippen molar-refractivity contribution in [2.75, 3.05) is 83.0 Å². The zero-order valence-electron chi connectivity index (χ0n) is 29.6. The van der Waals surface area contributed by atoms with Crippen LogP contribution < -0.4 is 9.80 Å². The molecule has 48 heavy (non-hydrogen) atoms. The summed E-state index contributed by atoms with van der Waals surface area (Å²) in [5.74, 6) is -1.13. The summed E-state index contributed by atoms with van der Waals surface area (Å²) in [5.41, 5.74) is 2.98. The first kappa shape index (κ1) is 45.9. The van der Waals surface area contributed by atoms with Crippen molar-refractivity contribution < 1.29 is 38.5 Å². The molecule has 0 amide bonds. The smallest absolute Gasteiger partial charge is 0.337 e. The maximum atomic E-state index is 11.3. The lowest BCUT2D eigenvalue weighted by Crippen LogP contribution is -2.27. The second-order valence-corrected chi connectivity index (χ2v) is 9.83. The summed E-state index contributed by atoms with van der Waals surface area (Å²) in [6.07, 6.45) is 2.18. The van der Waals surface area contributed by atoms with Crippen LogP contribution in [0.15, 0.2) is 73.8 Å². The lowest BCUT2D eigenvalue weighted by atomic mass is 10.2. The zero-order chi connectivity index (χ0) is 36.9. The van der Waals surface area contributed by atoms with Crippen molar-refractivity contribution in [3.05, 3.63) is 85.0 Å². The number of halogens is 1. The van der Waals surface area contributed by atoms with Crippen molar-refractivity contribution in [1.82, 2.24) is 4.90 Å². The number of benzene rings is 2. The molecule has 0 unspecified atom stereocenters. The minimum absolute atomic E-state index is 0.118. The maximum absolute atomic E-state index is 11.3. The molecule has 11 nitrogen and oxygen atoms in total. The summed E-state index contributed by atoms with van der Waals surface area (Å²) >= 11 is 4.71. The SMILES string of the molecule is C=CC(=O)Cl.C=CC(=O)OCCN(CC)c1ccc(C(=O)OC)cc1.CCN(CC)CC.CCN(CCO)c1ccc(C(=O)OC)cc1. The van der Waals surface area contributed by atoms with Gasteiger partial charge in [0.2, 0.25) is 5.24 Å². The molecule has 0 atom stereocenters. The predicted molar refractivity (Wildman–Crippen MR) is 194 cm³/mol. The Bertz CT molecular complexity index is 1200. The summed E-state index contributed by atoms with van der Waals surface area (Å²) in [4.78, 5) is 49.4. The zero-order valence-corrected chi connectivity index (χ0v) is 30.3. The number of allylic oxidation sites excluding steroid dienone is 1. The molecular formula is C36H54ClN3O8. The molecule has 12 heteroatoms. The number of methoxy groups -OCH3 is 2. The summed E-state index contributed by atoms with van der Waals surface area (Å²) in [5, 5.41) is 8.38. The first-order chi connectivity index (χ1) is 23.0. The number of anilines is 2. The highest BCUT2D eigenvalue weighted by Gasteiger charge is 2.09. The van der Waals surface area contributed by atoms with E-state index in [9.17, 15) is 19.2 Å². The van der Waals surface area contributed by atoms with Gasteiger partial charge >= 0.3 is 17.9 Å². The van der Waals surface area contributed by atoms with E-state index < -0.39 is 11.2 Å². The largest absolute Gasteiger partial charge is 0.465 e. The number of ether oxygens (including phenoxy) is 3. The summed E-state index contributed by atoms with van der Waals surface area (Å²) in [6, 6.07) is 14.2. The Kier molecular flexibility index (Phi) is 27.7.